The van der Waals surface area contributed by atoms with E-state index in [0.29, 0.717) is 41.9 Å². The van der Waals surface area contributed by atoms with Gasteiger partial charge in [0.05, 0.1) is 6.04 Å². The molecule has 0 aliphatic carbocycles. The van der Waals surface area contributed by atoms with Crippen molar-refractivity contribution in [1.82, 2.24) is 19.9 Å². The summed E-state index contributed by atoms with van der Waals surface area (Å²) in [4.78, 5) is 21.6. The molecule has 30 heavy (non-hydrogen) atoms. The molecule has 5 rings (SSSR count). The Hall–Kier alpha value is -3.39. The molecule has 8 heteroatoms. The van der Waals surface area contributed by atoms with Crippen LogP contribution in [0.15, 0.2) is 53.1 Å². The van der Waals surface area contributed by atoms with E-state index in [-0.39, 0.29) is 18.7 Å². The van der Waals surface area contributed by atoms with Crippen LogP contribution in [0.5, 0.6) is 11.5 Å². The van der Waals surface area contributed by atoms with E-state index in [1.807, 2.05) is 35.2 Å². The summed E-state index contributed by atoms with van der Waals surface area (Å²) in [6, 6.07) is 15.1. The van der Waals surface area contributed by atoms with Crippen LogP contribution < -0.4 is 9.47 Å². The zero-order valence-corrected chi connectivity index (χ0v) is 16.7. The van der Waals surface area contributed by atoms with Gasteiger partial charge in [-0.25, -0.2) is 0 Å². The van der Waals surface area contributed by atoms with Gasteiger partial charge in [-0.05, 0) is 25.1 Å². The van der Waals surface area contributed by atoms with Crippen molar-refractivity contribution in [1.29, 1.82) is 0 Å². The van der Waals surface area contributed by atoms with E-state index < -0.39 is 0 Å². The topological polar surface area (TPSA) is 80.9 Å². The second-order valence-corrected chi connectivity index (χ2v) is 7.39. The highest BCUT2D eigenvalue weighted by Gasteiger charge is 2.29. The lowest BCUT2D eigenvalue weighted by Crippen LogP contribution is -2.49. The van der Waals surface area contributed by atoms with E-state index in [4.69, 9.17) is 14.0 Å². The third-order valence-corrected chi connectivity index (χ3v) is 5.60. The molecule has 0 N–H and O–H groups in total. The molecule has 2 aliphatic rings. The van der Waals surface area contributed by atoms with Gasteiger partial charge in [0.15, 0.2) is 11.5 Å². The summed E-state index contributed by atoms with van der Waals surface area (Å²) in [6.07, 6.45) is 0. The summed E-state index contributed by atoms with van der Waals surface area (Å²) in [5.41, 5.74) is 1.55. The Morgan fingerprint density at radius 3 is 2.57 bits per heavy atom. The number of hydrogen-bond donors (Lipinski definition) is 0. The monoisotopic (exact) mass is 406 g/mol. The predicted molar refractivity (Wildman–Crippen MR) is 108 cm³/mol. The molecule has 1 fully saturated rings. The molecule has 0 saturated carbocycles. The van der Waals surface area contributed by atoms with E-state index in [1.165, 1.54) is 0 Å². The van der Waals surface area contributed by atoms with Crippen LogP contribution in [0.1, 0.15) is 29.2 Å². The lowest BCUT2D eigenvalue weighted by atomic mass is 10.1. The number of ether oxygens (including phenoxy) is 2. The Balaban J connectivity index is 1.21. The van der Waals surface area contributed by atoms with Crippen molar-refractivity contribution in [2.45, 2.75) is 13.0 Å². The normalized spacial score (nSPS) is 17.2. The van der Waals surface area contributed by atoms with Crippen LogP contribution >= 0.6 is 0 Å². The molecule has 3 aromatic rings. The van der Waals surface area contributed by atoms with Crippen LogP contribution in [-0.2, 0) is 0 Å². The minimum Gasteiger partial charge on any atom is -0.454 e. The largest absolute Gasteiger partial charge is 0.454 e. The fourth-order valence-electron chi connectivity index (χ4n) is 3.79. The van der Waals surface area contributed by atoms with Gasteiger partial charge in [0.1, 0.15) is 0 Å². The second kappa shape index (κ2) is 7.79. The van der Waals surface area contributed by atoms with Gasteiger partial charge in [-0.1, -0.05) is 35.5 Å². The van der Waals surface area contributed by atoms with Crippen molar-refractivity contribution >= 4 is 5.91 Å². The maximum absolute atomic E-state index is 12.9. The number of nitrogens with zero attached hydrogens (tertiary/aromatic N) is 4. The van der Waals surface area contributed by atoms with Gasteiger partial charge in [-0.15, -0.1) is 0 Å². The Bertz CT molecular complexity index is 1040. The van der Waals surface area contributed by atoms with E-state index in [9.17, 15) is 4.79 Å². The fourth-order valence-corrected chi connectivity index (χ4v) is 3.79. The summed E-state index contributed by atoms with van der Waals surface area (Å²) >= 11 is 0. The third kappa shape index (κ3) is 3.50. The van der Waals surface area contributed by atoms with Crippen LogP contribution in [-0.4, -0.2) is 58.8 Å². The molecule has 2 aliphatic heterocycles. The molecule has 0 radical (unpaired) electrons. The van der Waals surface area contributed by atoms with Gasteiger partial charge in [-0.3, -0.25) is 9.69 Å². The summed E-state index contributed by atoms with van der Waals surface area (Å²) in [5, 5.41) is 4.11. The zero-order chi connectivity index (χ0) is 20.5. The average Bonchev–Trinajstić information content (AvgIpc) is 3.48. The van der Waals surface area contributed by atoms with E-state index in [2.05, 4.69) is 22.0 Å². The quantitative estimate of drug-likeness (QED) is 0.659. The third-order valence-electron chi connectivity index (χ3n) is 5.60. The minimum atomic E-state index is -0.0160. The lowest BCUT2D eigenvalue weighted by Gasteiger charge is -2.36. The Kier molecular flexibility index (Phi) is 4.84. The van der Waals surface area contributed by atoms with Gasteiger partial charge < -0.3 is 18.9 Å². The SMILES string of the molecule is CC(c1nc(-c2ccccc2)no1)N1CCN(C(=O)c2ccc3c(c2)OCO3)CC1. The molecule has 2 aromatic carbocycles. The van der Waals surface area contributed by atoms with Crippen LogP contribution in [0.4, 0.5) is 0 Å². The van der Waals surface area contributed by atoms with Crippen LogP contribution in [0.25, 0.3) is 11.4 Å². The van der Waals surface area contributed by atoms with Crippen LogP contribution in [0.2, 0.25) is 0 Å². The Morgan fingerprint density at radius 1 is 1.00 bits per heavy atom. The molecule has 0 spiro atoms. The minimum absolute atomic E-state index is 0.00440. The van der Waals surface area contributed by atoms with Crippen molar-refractivity contribution in [3.8, 4) is 22.9 Å². The number of rotatable bonds is 4. The van der Waals surface area contributed by atoms with Crippen molar-refractivity contribution in [2.75, 3.05) is 33.0 Å². The van der Waals surface area contributed by atoms with Gasteiger partial charge in [0.25, 0.3) is 5.91 Å². The van der Waals surface area contributed by atoms with Gasteiger partial charge in [-0.2, -0.15) is 4.98 Å². The number of aromatic nitrogens is 2. The molecule has 1 amide bonds. The summed E-state index contributed by atoms with van der Waals surface area (Å²) in [5.74, 6) is 2.49. The first-order valence-corrected chi connectivity index (χ1v) is 10.0. The van der Waals surface area contributed by atoms with E-state index >= 15 is 0 Å². The van der Waals surface area contributed by atoms with Gasteiger partial charge >= 0.3 is 0 Å². The maximum atomic E-state index is 12.9. The highest BCUT2D eigenvalue weighted by Crippen LogP contribution is 2.33. The molecular formula is C22H22N4O4. The molecular weight excluding hydrogens is 384 g/mol. The lowest BCUT2D eigenvalue weighted by molar-refractivity contribution is 0.0551. The van der Waals surface area contributed by atoms with Crippen molar-refractivity contribution in [3.63, 3.8) is 0 Å². The Labute approximate surface area is 174 Å². The predicted octanol–water partition coefficient (Wildman–Crippen LogP) is 2.98. The molecule has 154 valence electrons. The standard InChI is InChI=1S/C22H22N4O4/c1-15(21-23-20(24-30-21)16-5-3-2-4-6-16)25-9-11-26(12-10-25)22(27)17-7-8-18-19(13-17)29-14-28-18/h2-8,13,15H,9-12,14H2,1H3. The average molecular weight is 406 g/mol. The molecule has 8 nitrogen and oxygen atoms in total. The number of piperazine rings is 1. The molecule has 1 aromatic heterocycles. The number of carbonyl (C=O) groups is 1. The number of benzene rings is 2. The first-order valence-electron chi connectivity index (χ1n) is 10.0. The Morgan fingerprint density at radius 2 is 1.77 bits per heavy atom. The molecule has 1 saturated heterocycles. The summed E-state index contributed by atoms with van der Waals surface area (Å²) in [7, 11) is 0. The highest BCUT2D eigenvalue weighted by atomic mass is 16.7. The van der Waals surface area contributed by atoms with Gasteiger partial charge in [0, 0.05) is 37.3 Å². The molecule has 0 bridgehead atoms. The van der Waals surface area contributed by atoms with Crippen LogP contribution in [0, 0.1) is 0 Å². The van der Waals surface area contributed by atoms with Crippen molar-refractivity contribution < 1.29 is 18.8 Å². The number of carbonyl (C=O) groups excluding carboxylic acids is 1. The second-order valence-electron chi connectivity index (χ2n) is 7.39. The maximum Gasteiger partial charge on any atom is 0.254 e. The van der Waals surface area contributed by atoms with Crippen molar-refractivity contribution in [3.05, 3.63) is 60.0 Å². The van der Waals surface area contributed by atoms with Crippen molar-refractivity contribution in [2.24, 2.45) is 0 Å². The molecule has 1 atom stereocenters. The zero-order valence-electron chi connectivity index (χ0n) is 16.7. The van der Waals surface area contributed by atoms with Gasteiger partial charge in [0.2, 0.25) is 18.5 Å². The fraction of sp³-hybridized carbons (Fsp3) is 0.318. The number of fused-ring (bicyclic) bond motifs is 1. The highest BCUT2D eigenvalue weighted by molar-refractivity contribution is 5.95. The number of amides is 1. The van der Waals surface area contributed by atoms with E-state index in [0.717, 1.165) is 18.7 Å². The first-order chi connectivity index (χ1) is 14.7. The number of hydrogen-bond acceptors (Lipinski definition) is 7. The summed E-state index contributed by atoms with van der Waals surface area (Å²) < 4.78 is 16.2. The molecule has 1 unspecified atom stereocenters. The molecule has 3 heterocycles. The first kappa shape index (κ1) is 18.6. The van der Waals surface area contributed by atoms with E-state index in [1.54, 1.807) is 18.2 Å². The summed E-state index contributed by atoms with van der Waals surface area (Å²) in [6.45, 7) is 5.00. The smallest absolute Gasteiger partial charge is 0.254 e. The van der Waals surface area contributed by atoms with Crippen LogP contribution in [0.3, 0.4) is 0 Å².